The molecule has 4 heteroatoms. The Morgan fingerprint density at radius 3 is 2.36 bits per heavy atom. The standard InChI is InChI=1S/C10H15N3O/c11-13-12-9-2-7-1-8(3-9)5-10(14,4-7)6-9/h7-8,14H,1-6H2. The van der Waals surface area contributed by atoms with Crippen LogP contribution < -0.4 is 0 Å². The van der Waals surface area contributed by atoms with Crippen molar-refractivity contribution in [3.8, 4) is 0 Å². The fourth-order valence-corrected chi connectivity index (χ4v) is 4.38. The van der Waals surface area contributed by atoms with Gasteiger partial charge in [-0.2, -0.15) is 0 Å². The first-order chi connectivity index (χ1) is 6.63. The van der Waals surface area contributed by atoms with Gasteiger partial charge in [-0.15, -0.1) is 0 Å². The molecule has 76 valence electrons. The van der Waals surface area contributed by atoms with Gasteiger partial charge in [-0.1, -0.05) is 5.11 Å². The van der Waals surface area contributed by atoms with E-state index in [1.165, 1.54) is 6.42 Å². The normalized spacial score (nSPS) is 54.4. The van der Waals surface area contributed by atoms with Gasteiger partial charge in [0.05, 0.1) is 11.1 Å². The molecule has 0 aliphatic heterocycles. The average Bonchev–Trinajstić information content (AvgIpc) is 1.97. The summed E-state index contributed by atoms with van der Waals surface area (Å²) in [6, 6.07) is 0. The second-order valence-electron chi connectivity index (χ2n) is 5.60. The van der Waals surface area contributed by atoms with Gasteiger partial charge in [0.2, 0.25) is 0 Å². The molecule has 0 aromatic rings. The maximum Gasteiger partial charge on any atom is 0.0659 e. The highest BCUT2D eigenvalue weighted by molar-refractivity contribution is 5.12. The second kappa shape index (κ2) is 2.44. The minimum absolute atomic E-state index is 0.229. The molecule has 4 nitrogen and oxygen atoms in total. The molecular formula is C10H15N3O. The zero-order valence-corrected chi connectivity index (χ0v) is 8.19. The predicted molar refractivity (Wildman–Crippen MR) is 51.5 cm³/mol. The summed E-state index contributed by atoms with van der Waals surface area (Å²) in [5.41, 5.74) is 7.86. The Bertz CT molecular complexity index is 307. The highest BCUT2D eigenvalue weighted by atomic mass is 16.3. The molecule has 4 rings (SSSR count). The van der Waals surface area contributed by atoms with Gasteiger partial charge in [-0.3, -0.25) is 0 Å². The molecular weight excluding hydrogens is 178 g/mol. The van der Waals surface area contributed by atoms with Crippen molar-refractivity contribution < 1.29 is 5.11 Å². The number of rotatable bonds is 1. The van der Waals surface area contributed by atoms with Crippen molar-refractivity contribution >= 4 is 0 Å². The summed E-state index contributed by atoms with van der Waals surface area (Å²) < 4.78 is 0. The summed E-state index contributed by atoms with van der Waals surface area (Å²) >= 11 is 0. The van der Waals surface area contributed by atoms with E-state index in [-0.39, 0.29) is 5.54 Å². The van der Waals surface area contributed by atoms with E-state index in [1.807, 2.05) is 0 Å². The van der Waals surface area contributed by atoms with Crippen molar-refractivity contribution in [2.24, 2.45) is 17.0 Å². The Labute approximate surface area is 82.9 Å². The molecule has 2 atom stereocenters. The number of azide groups is 1. The van der Waals surface area contributed by atoms with Crippen LogP contribution >= 0.6 is 0 Å². The molecule has 4 saturated carbocycles. The van der Waals surface area contributed by atoms with Crippen molar-refractivity contribution in [3.63, 3.8) is 0 Å². The lowest BCUT2D eigenvalue weighted by atomic mass is 9.51. The molecule has 0 radical (unpaired) electrons. The van der Waals surface area contributed by atoms with Crippen LogP contribution in [-0.2, 0) is 0 Å². The van der Waals surface area contributed by atoms with E-state index < -0.39 is 5.60 Å². The largest absolute Gasteiger partial charge is 0.390 e. The van der Waals surface area contributed by atoms with Crippen molar-refractivity contribution in [2.45, 2.75) is 49.7 Å². The predicted octanol–water partition coefficient (Wildman–Crippen LogP) is 2.38. The first-order valence-electron chi connectivity index (χ1n) is 5.42. The van der Waals surface area contributed by atoms with Gasteiger partial charge < -0.3 is 5.11 Å². The quantitative estimate of drug-likeness (QED) is 0.387. The summed E-state index contributed by atoms with van der Waals surface area (Å²) in [6.07, 6.45) is 5.84. The van der Waals surface area contributed by atoms with Crippen molar-refractivity contribution in [1.82, 2.24) is 0 Å². The molecule has 14 heavy (non-hydrogen) atoms. The summed E-state index contributed by atoms with van der Waals surface area (Å²) in [4.78, 5) is 2.97. The summed E-state index contributed by atoms with van der Waals surface area (Å²) in [7, 11) is 0. The van der Waals surface area contributed by atoms with Gasteiger partial charge in [0, 0.05) is 4.91 Å². The Hall–Kier alpha value is -0.730. The van der Waals surface area contributed by atoms with E-state index in [2.05, 4.69) is 10.0 Å². The molecule has 0 aromatic heterocycles. The minimum atomic E-state index is -0.502. The van der Waals surface area contributed by atoms with Crippen LogP contribution in [0.2, 0.25) is 0 Å². The Morgan fingerprint density at radius 1 is 1.21 bits per heavy atom. The summed E-state index contributed by atoms with van der Waals surface area (Å²) in [5, 5.41) is 14.3. The maximum absolute atomic E-state index is 10.3. The molecule has 4 aliphatic rings. The number of nitrogens with zero attached hydrogens (tertiary/aromatic N) is 3. The lowest BCUT2D eigenvalue weighted by molar-refractivity contribution is -0.132. The molecule has 4 fully saturated rings. The monoisotopic (exact) mass is 193 g/mol. The molecule has 0 amide bonds. The van der Waals surface area contributed by atoms with Crippen molar-refractivity contribution in [3.05, 3.63) is 10.4 Å². The van der Waals surface area contributed by atoms with E-state index in [9.17, 15) is 5.11 Å². The SMILES string of the molecule is [N-]=[N+]=NC12CC3CC(CC(O)(C3)C1)C2. The molecule has 2 unspecified atom stereocenters. The van der Waals surface area contributed by atoms with Gasteiger partial charge in [0.15, 0.2) is 0 Å². The third kappa shape index (κ3) is 1.07. The number of hydrogen-bond donors (Lipinski definition) is 1. The molecule has 1 N–H and O–H groups in total. The first kappa shape index (κ1) is 8.57. The lowest BCUT2D eigenvalue weighted by Gasteiger charge is -2.58. The van der Waals surface area contributed by atoms with E-state index in [0.717, 1.165) is 25.7 Å². The molecule has 0 spiro atoms. The van der Waals surface area contributed by atoms with Crippen molar-refractivity contribution in [1.29, 1.82) is 0 Å². The van der Waals surface area contributed by atoms with E-state index >= 15 is 0 Å². The van der Waals surface area contributed by atoms with Crippen LogP contribution in [0.4, 0.5) is 0 Å². The average molecular weight is 193 g/mol. The Kier molecular flexibility index (Phi) is 1.49. The van der Waals surface area contributed by atoms with Gasteiger partial charge in [0.1, 0.15) is 0 Å². The zero-order chi connectivity index (χ0) is 9.81. The number of hydrogen-bond acceptors (Lipinski definition) is 2. The third-order valence-electron chi connectivity index (χ3n) is 4.26. The maximum atomic E-state index is 10.3. The van der Waals surface area contributed by atoms with E-state index in [1.54, 1.807) is 0 Å². The van der Waals surface area contributed by atoms with Gasteiger partial charge in [0.25, 0.3) is 0 Å². The van der Waals surface area contributed by atoms with Crippen LogP contribution in [0, 0.1) is 11.8 Å². The van der Waals surface area contributed by atoms with Crippen molar-refractivity contribution in [2.75, 3.05) is 0 Å². The smallest absolute Gasteiger partial charge is 0.0659 e. The summed E-state index contributed by atoms with van der Waals surface area (Å²) in [6.45, 7) is 0. The Morgan fingerprint density at radius 2 is 1.86 bits per heavy atom. The van der Waals surface area contributed by atoms with Crippen LogP contribution in [0.25, 0.3) is 10.4 Å². The van der Waals surface area contributed by atoms with Gasteiger partial charge >= 0.3 is 0 Å². The van der Waals surface area contributed by atoms with Crippen LogP contribution in [-0.4, -0.2) is 16.2 Å². The van der Waals surface area contributed by atoms with Crippen LogP contribution in [0.3, 0.4) is 0 Å². The fraction of sp³-hybridized carbons (Fsp3) is 1.00. The second-order valence-corrected chi connectivity index (χ2v) is 5.60. The molecule has 0 heterocycles. The third-order valence-corrected chi connectivity index (χ3v) is 4.26. The molecule has 0 aromatic carbocycles. The van der Waals surface area contributed by atoms with E-state index in [0.29, 0.717) is 18.3 Å². The van der Waals surface area contributed by atoms with Crippen LogP contribution in [0.5, 0.6) is 0 Å². The van der Waals surface area contributed by atoms with Crippen LogP contribution in [0.15, 0.2) is 5.11 Å². The molecule has 0 saturated heterocycles. The van der Waals surface area contributed by atoms with Gasteiger partial charge in [-0.05, 0) is 55.9 Å². The van der Waals surface area contributed by atoms with Crippen LogP contribution in [0.1, 0.15) is 38.5 Å². The zero-order valence-electron chi connectivity index (χ0n) is 8.19. The highest BCUT2D eigenvalue weighted by Crippen LogP contribution is 2.58. The summed E-state index contributed by atoms with van der Waals surface area (Å²) in [5.74, 6) is 1.21. The fourth-order valence-electron chi connectivity index (χ4n) is 4.38. The topological polar surface area (TPSA) is 69.0 Å². The number of aliphatic hydroxyl groups is 1. The highest BCUT2D eigenvalue weighted by Gasteiger charge is 2.56. The van der Waals surface area contributed by atoms with E-state index in [4.69, 9.17) is 5.53 Å². The first-order valence-corrected chi connectivity index (χ1v) is 5.42. The molecule has 4 bridgehead atoms. The van der Waals surface area contributed by atoms with Gasteiger partial charge in [-0.25, -0.2) is 0 Å². The Balaban J connectivity index is 2.00. The molecule has 4 aliphatic carbocycles. The minimum Gasteiger partial charge on any atom is -0.390 e. The lowest BCUT2D eigenvalue weighted by Crippen LogP contribution is -2.57.